The highest BCUT2D eigenvalue weighted by atomic mass is 35.5. The number of aromatic hydroxyl groups is 1. The summed E-state index contributed by atoms with van der Waals surface area (Å²) in [7, 11) is -2.38. The molecule has 0 saturated carbocycles. The van der Waals surface area contributed by atoms with Crippen LogP contribution in [0.1, 0.15) is 50.0 Å². The Balaban J connectivity index is 0.000000189. The molecule has 2 unspecified atom stereocenters. The van der Waals surface area contributed by atoms with Crippen LogP contribution >= 0.6 is 34.8 Å². The maximum Gasteiger partial charge on any atom is 0.492 e. The number of hydrogen-bond donors (Lipinski definition) is 3. The summed E-state index contributed by atoms with van der Waals surface area (Å²) in [6.45, 7) is 3.99. The average Bonchev–Trinajstić information content (AvgIpc) is 3.53. The first-order valence-electron chi connectivity index (χ1n) is 14.7. The molecule has 0 fully saturated rings. The number of carbonyl (C=O) groups is 2. The Kier molecular flexibility index (Phi) is 14.0. The van der Waals surface area contributed by atoms with Gasteiger partial charge in [0.1, 0.15) is 16.7 Å². The van der Waals surface area contributed by atoms with Gasteiger partial charge in [0.25, 0.3) is 0 Å². The van der Waals surface area contributed by atoms with Crippen LogP contribution in [0.3, 0.4) is 0 Å². The van der Waals surface area contributed by atoms with Crippen molar-refractivity contribution < 1.29 is 48.3 Å². The van der Waals surface area contributed by atoms with Crippen LogP contribution in [0.4, 0.5) is 0 Å². The Morgan fingerprint density at radius 2 is 1.31 bits per heavy atom. The second-order valence-corrected chi connectivity index (χ2v) is 11.2. The van der Waals surface area contributed by atoms with Crippen molar-refractivity contribution >= 4 is 71.9 Å². The SMILES string of the molecule is CCOC(=O)CC1OB(O)c2cc(O)cc(Cl)c21.CCOC(=O)CC1OB(O)c2cc(Oc3cnccn3)cc(Cl)c21.Clc1cnccn1. The largest absolute Gasteiger partial charge is 0.508 e. The van der Waals surface area contributed by atoms with E-state index < -0.39 is 38.4 Å². The molecule has 0 bridgehead atoms. The van der Waals surface area contributed by atoms with Crippen LogP contribution in [-0.4, -0.2) is 74.5 Å². The fraction of sp³-hybridized carbons (Fsp3) is 0.267. The van der Waals surface area contributed by atoms with Crippen molar-refractivity contribution in [2.24, 2.45) is 0 Å². The summed E-state index contributed by atoms with van der Waals surface area (Å²) in [5.74, 6) is -0.216. The molecule has 0 saturated heterocycles. The zero-order valence-corrected chi connectivity index (χ0v) is 28.3. The summed E-state index contributed by atoms with van der Waals surface area (Å²) in [5.41, 5.74) is 1.92. The van der Waals surface area contributed by atoms with E-state index in [4.69, 9.17) is 58.3 Å². The molecule has 2 atom stereocenters. The number of halogens is 3. The van der Waals surface area contributed by atoms with Gasteiger partial charge in [-0.3, -0.25) is 19.6 Å². The molecule has 2 aromatic carbocycles. The van der Waals surface area contributed by atoms with Gasteiger partial charge in [0.05, 0.1) is 50.7 Å². The fourth-order valence-electron chi connectivity index (χ4n) is 4.76. The second kappa shape index (κ2) is 18.1. The lowest BCUT2D eigenvalue weighted by Gasteiger charge is -2.13. The van der Waals surface area contributed by atoms with Crippen molar-refractivity contribution in [2.45, 2.75) is 38.9 Å². The van der Waals surface area contributed by atoms with Gasteiger partial charge in [-0.05, 0) is 60.2 Å². The van der Waals surface area contributed by atoms with Gasteiger partial charge in [-0.2, -0.15) is 0 Å². The standard InChI is InChI=1S/C15H14BClN2O5.C11H12BClO5.C4H3ClN2/c1-2-22-14(20)7-12-15-10(16(21)24-12)5-9(6-11(15)17)23-13-8-18-3-4-19-13;1-2-17-10(15)5-9-11-7(12(16)18-9)3-6(14)4-8(11)13;5-4-3-6-1-2-7-4/h3-6,8,12,21H,2,7H2,1H3;3-4,9,14,16H,2,5H2,1H3;1-3H. The molecule has 2 aliphatic heterocycles. The van der Waals surface area contributed by atoms with Crippen LogP contribution in [0.25, 0.3) is 0 Å². The molecule has 14 nitrogen and oxygen atoms in total. The summed E-state index contributed by atoms with van der Waals surface area (Å²) in [4.78, 5) is 38.4. The molecule has 4 heterocycles. The summed E-state index contributed by atoms with van der Waals surface area (Å²) < 4.78 is 26.0. The van der Waals surface area contributed by atoms with E-state index in [1.807, 2.05) is 0 Å². The molecule has 0 amide bonds. The predicted molar refractivity (Wildman–Crippen MR) is 179 cm³/mol. The highest BCUT2D eigenvalue weighted by molar-refractivity contribution is 6.63. The van der Waals surface area contributed by atoms with E-state index in [0.717, 1.165) is 0 Å². The maximum atomic E-state index is 11.7. The topological polar surface area (TPSA) is 193 Å². The monoisotopic (exact) mass is 732 g/mol. The van der Waals surface area contributed by atoms with E-state index in [-0.39, 0.29) is 36.8 Å². The Morgan fingerprint density at radius 3 is 1.78 bits per heavy atom. The number of phenolic OH excluding ortho intramolecular Hbond substituents is 1. The summed E-state index contributed by atoms with van der Waals surface area (Å²) in [6.07, 6.45) is 7.73. The average molecular weight is 734 g/mol. The fourth-order valence-corrected chi connectivity index (χ4v) is 5.55. The smallest absolute Gasteiger partial charge is 0.492 e. The molecule has 49 heavy (non-hydrogen) atoms. The van der Waals surface area contributed by atoms with E-state index >= 15 is 0 Å². The zero-order chi connectivity index (χ0) is 35.5. The van der Waals surface area contributed by atoms with Gasteiger partial charge in [-0.1, -0.05) is 34.8 Å². The van der Waals surface area contributed by atoms with Gasteiger partial charge < -0.3 is 38.7 Å². The predicted octanol–water partition coefficient (Wildman–Crippen LogP) is 3.52. The molecule has 6 rings (SSSR count). The van der Waals surface area contributed by atoms with E-state index in [9.17, 15) is 24.7 Å². The first-order chi connectivity index (χ1) is 23.5. The molecule has 4 aromatic rings. The van der Waals surface area contributed by atoms with Crippen molar-refractivity contribution in [1.82, 2.24) is 19.9 Å². The van der Waals surface area contributed by atoms with Gasteiger partial charge in [0.2, 0.25) is 5.88 Å². The Hall–Kier alpha value is -4.02. The number of benzene rings is 2. The normalized spacial score (nSPS) is 15.6. The van der Waals surface area contributed by atoms with Crippen LogP contribution < -0.4 is 15.7 Å². The van der Waals surface area contributed by atoms with E-state index in [2.05, 4.69) is 19.9 Å². The van der Waals surface area contributed by atoms with Crippen molar-refractivity contribution in [1.29, 1.82) is 0 Å². The zero-order valence-electron chi connectivity index (χ0n) is 26.0. The number of hydrogen-bond acceptors (Lipinski definition) is 14. The van der Waals surface area contributed by atoms with E-state index in [1.165, 1.54) is 36.9 Å². The van der Waals surface area contributed by atoms with Crippen molar-refractivity contribution in [3.8, 4) is 17.4 Å². The third kappa shape index (κ3) is 10.5. The van der Waals surface area contributed by atoms with Crippen LogP contribution in [0.5, 0.6) is 17.4 Å². The Morgan fingerprint density at radius 1 is 0.776 bits per heavy atom. The maximum absolute atomic E-state index is 11.7. The van der Waals surface area contributed by atoms with Crippen LogP contribution in [0.2, 0.25) is 15.2 Å². The van der Waals surface area contributed by atoms with E-state index in [1.54, 1.807) is 38.4 Å². The first kappa shape index (κ1) is 37.8. The highest BCUT2D eigenvalue weighted by Crippen LogP contribution is 2.36. The van der Waals surface area contributed by atoms with Gasteiger partial charge >= 0.3 is 26.2 Å². The van der Waals surface area contributed by atoms with Gasteiger partial charge in [-0.15, -0.1) is 0 Å². The van der Waals surface area contributed by atoms with Crippen LogP contribution in [-0.2, 0) is 28.4 Å². The number of aromatic nitrogens is 4. The molecule has 0 radical (unpaired) electrons. The number of nitrogens with zero attached hydrogens (tertiary/aromatic N) is 4. The molecule has 3 N–H and O–H groups in total. The van der Waals surface area contributed by atoms with Gasteiger partial charge in [0.15, 0.2) is 0 Å². The minimum absolute atomic E-state index is 0.0254. The lowest BCUT2D eigenvalue weighted by Crippen LogP contribution is -2.28. The molecule has 256 valence electrons. The molecule has 19 heteroatoms. The molecule has 2 aromatic heterocycles. The third-order valence-corrected chi connectivity index (χ3v) is 7.47. The molecular weight excluding hydrogens is 704 g/mol. The second-order valence-electron chi connectivity index (χ2n) is 9.98. The summed E-state index contributed by atoms with van der Waals surface area (Å²) >= 11 is 17.7. The number of phenols is 1. The van der Waals surface area contributed by atoms with Crippen LogP contribution in [0.15, 0.2) is 61.4 Å². The van der Waals surface area contributed by atoms with Crippen molar-refractivity contribution in [3.63, 3.8) is 0 Å². The molecule has 0 aliphatic carbocycles. The molecule has 2 aliphatic rings. The quantitative estimate of drug-likeness (QED) is 0.176. The number of fused-ring (bicyclic) bond motifs is 2. The van der Waals surface area contributed by atoms with Gasteiger partial charge in [0, 0.05) is 34.8 Å². The minimum atomic E-state index is -1.19. The van der Waals surface area contributed by atoms with Crippen LogP contribution in [0, 0.1) is 0 Å². The third-order valence-electron chi connectivity index (χ3n) is 6.65. The van der Waals surface area contributed by atoms with Crippen molar-refractivity contribution in [2.75, 3.05) is 13.2 Å². The summed E-state index contributed by atoms with van der Waals surface area (Å²) in [6, 6.07) is 5.90. The molecular formula is C30H29B2Cl3N4O10. The number of esters is 2. The number of ether oxygens (including phenoxy) is 3. The van der Waals surface area contributed by atoms with Gasteiger partial charge in [-0.25, -0.2) is 9.97 Å². The number of carbonyl (C=O) groups excluding carboxylic acids is 2. The Labute approximate surface area is 296 Å². The Bertz CT molecular complexity index is 1730. The van der Waals surface area contributed by atoms with E-state index in [0.29, 0.717) is 43.9 Å². The molecule has 0 spiro atoms. The lowest BCUT2D eigenvalue weighted by atomic mass is 9.79. The highest BCUT2D eigenvalue weighted by Gasteiger charge is 2.40. The summed E-state index contributed by atoms with van der Waals surface area (Å²) in [5, 5.41) is 30.2. The minimum Gasteiger partial charge on any atom is -0.508 e. The number of rotatable bonds is 8. The first-order valence-corrected chi connectivity index (χ1v) is 15.8. The van der Waals surface area contributed by atoms with Crippen molar-refractivity contribution in [3.05, 3.63) is 87.8 Å². The lowest BCUT2D eigenvalue weighted by molar-refractivity contribution is -0.146.